The van der Waals surface area contributed by atoms with E-state index < -0.39 is 6.10 Å². The molecule has 0 bridgehead atoms. The van der Waals surface area contributed by atoms with E-state index in [0.29, 0.717) is 12.0 Å². The molecule has 0 spiro atoms. The van der Waals surface area contributed by atoms with Gasteiger partial charge >= 0.3 is 0 Å². The van der Waals surface area contributed by atoms with Crippen LogP contribution in [0.3, 0.4) is 0 Å². The second-order valence-corrected chi connectivity index (χ2v) is 8.17. The largest absolute Gasteiger partial charge is 0.386 e. The third-order valence-electron chi connectivity index (χ3n) is 5.42. The molecule has 4 atom stereocenters. The van der Waals surface area contributed by atoms with Gasteiger partial charge in [0.15, 0.2) is 0 Å². The van der Waals surface area contributed by atoms with Crippen molar-refractivity contribution in [1.82, 2.24) is 10.6 Å². The lowest BCUT2D eigenvalue weighted by Crippen LogP contribution is -2.44. The summed E-state index contributed by atoms with van der Waals surface area (Å²) in [6.07, 6.45) is 5.30. The fraction of sp³-hybridized carbons (Fsp3) is 0.526. The van der Waals surface area contributed by atoms with Crippen LogP contribution in [0.25, 0.3) is 10.1 Å². The summed E-state index contributed by atoms with van der Waals surface area (Å²) < 4.78 is 1.17. The predicted octanol–water partition coefficient (Wildman–Crippen LogP) is 2.97. The van der Waals surface area contributed by atoms with Crippen molar-refractivity contribution in [3.8, 4) is 0 Å². The molecule has 24 heavy (non-hydrogen) atoms. The fourth-order valence-electron chi connectivity index (χ4n) is 4.11. The molecule has 1 amide bonds. The normalized spacial score (nSPS) is 27.8. The van der Waals surface area contributed by atoms with E-state index in [0.717, 1.165) is 16.7 Å². The zero-order valence-electron chi connectivity index (χ0n) is 13.7. The van der Waals surface area contributed by atoms with Crippen LogP contribution in [0.15, 0.2) is 30.3 Å². The van der Waals surface area contributed by atoms with E-state index in [4.69, 9.17) is 0 Å². The van der Waals surface area contributed by atoms with Crippen molar-refractivity contribution in [2.75, 3.05) is 6.54 Å². The van der Waals surface area contributed by atoms with Crippen molar-refractivity contribution in [2.45, 2.75) is 50.3 Å². The van der Waals surface area contributed by atoms with E-state index in [1.807, 2.05) is 24.3 Å². The maximum atomic E-state index is 12.4. The third-order valence-corrected chi connectivity index (χ3v) is 6.64. The molecule has 5 heteroatoms. The second-order valence-electron chi connectivity index (χ2n) is 7.05. The first kappa shape index (κ1) is 16.1. The van der Waals surface area contributed by atoms with E-state index in [2.05, 4.69) is 16.7 Å². The lowest BCUT2D eigenvalue weighted by atomic mass is 9.85. The Hall–Kier alpha value is -1.43. The number of carbonyl (C=O) groups is 1. The van der Waals surface area contributed by atoms with Crippen LogP contribution in [0, 0.1) is 5.92 Å². The number of amides is 1. The highest BCUT2D eigenvalue weighted by Crippen LogP contribution is 2.33. The molecule has 1 aromatic carbocycles. The van der Waals surface area contributed by atoms with Crippen LogP contribution in [0.2, 0.25) is 0 Å². The van der Waals surface area contributed by atoms with Crippen molar-refractivity contribution in [2.24, 2.45) is 5.92 Å². The molecule has 2 heterocycles. The van der Waals surface area contributed by atoms with Crippen molar-refractivity contribution < 1.29 is 9.90 Å². The lowest BCUT2D eigenvalue weighted by Gasteiger charge is -2.24. The minimum Gasteiger partial charge on any atom is -0.386 e. The van der Waals surface area contributed by atoms with E-state index in [1.165, 1.54) is 30.4 Å². The second kappa shape index (κ2) is 6.82. The van der Waals surface area contributed by atoms with Crippen LogP contribution in [0.5, 0.6) is 0 Å². The van der Waals surface area contributed by atoms with E-state index in [1.54, 1.807) is 11.3 Å². The molecule has 4 nitrogen and oxygen atoms in total. The van der Waals surface area contributed by atoms with Gasteiger partial charge in [-0.05, 0) is 42.7 Å². The Bertz CT molecular complexity index is 682. The molecule has 2 aromatic rings. The summed E-state index contributed by atoms with van der Waals surface area (Å²) in [7, 11) is 0. The minimum atomic E-state index is -0.643. The number of rotatable bonds is 4. The van der Waals surface area contributed by atoms with Crippen LogP contribution in [0.4, 0.5) is 0 Å². The Balaban J connectivity index is 1.33. The number of hydrogen-bond acceptors (Lipinski definition) is 4. The maximum Gasteiger partial charge on any atom is 0.237 e. The summed E-state index contributed by atoms with van der Waals surface area (Å²) in [6.45, 7) is 0.277. The van der Waals surface area contributed by atoms with Crippen molar-refractivity contribution in [3.63, 3.8) is 0 Å². The molecule has 2 aliphatic rings. The van der Waals surface area contributed by atoms with Crippen LogP contribution < -0.4 is 10.6 Å². The summed E-state index contributed by atoms with van der Waals surface area (Å²) in [5.74, 6) is 0.687. The topological polar surface area (TPSA) is 61.4 Å². The first-order valence-corrected chi connectivity index (χ1v) is 9.72. The SMILES string of the molecule is O=C(NCC(O)c1cc2ccccc2s1)C1CC2CCCCC2N1. The zero-order chi connectivity index (χ0) is 16.5. The number of carbonyl (C=O) groups excluding carboxylic acids is 1. The molecule has 1 aliphatic heterocycles. The first-order chi connectivity index (χ1) is 11.7. The number of hydrogen-bond donors (Lipinski definition) is 3. The number of thiophene rings is 1. The molecule has 4 unspecified atom stereocenters. The Kier molecular flexibility index (Phi) is 4.57. The molecule has 1 aromatic heterocycles. The van der Waals surface area contributed by atoms with Crippen molar-refractivity contribution in [3.05, 3.63) is 35.2 Å². The summed E-state index contributed by atoms with van der Waals surface area (Å²) in [5, 5.41) is 18.0. The number of aliphatic hydroxyl groups is 1. The molecule has 0 radical (unpaired) electrons. The lowest BCUT2D eigenvalue weighted by molar-refractivity contribution is -0.123. The summed E-state index contributed by atoms with van der Waals surface area (Å²) >= 11 is 1.59. The Morgan fingerprint density at radius 2 is 2.17 bits per heavy atom. The smallest absolute Gasteiger partial charge is 0.237 e. The first-order valence-electron chi connectivity index (χ1n) is 8.91. The fourth-order valence-corrected chi connectivity index (χ4v) is 5.16. The summed E-state index contributed by atoms with van der Waals surface area (Å²) in [5.41, 5.74) is 0. The van der Waals surface area contributed by atoms with Crippen molar-refractivity contribution in [1.29, 1.82) is 0 Å². The van der Waals surface area contributed by atoms with Crippen molar-refractivity contribution >= 4 is 27.3 Å². The summed E-state index contributed by atoms with van der Waals surface area (Å²) in [4.78, 5) is 13.3. The molecule has 1 saturated carbocycles. The highest BCUT2D eigenvalue weighted by Gasteiger charge is 2.38. The Labute approximate surface area is 146 Å². The third kappa shape index (κ3) is 3.21. The number of fused-ring (bicyclic) bond motifs is 2. The van der Waals surface area contributed by atoms with Gasteiger partial charge in [-0.25, -0.2) is 0 Å². The molecule has 2 fully saturated rings. The number of nitrogens with one attached hydrogen (secondary N) is 2. The minimum absolute atomic E-state index is 0.0320. The molecule has 1 aliphatic carbocycles. The molecule has 128 valence electrons. The standard InChI is InChI=1S/C19H24N2O2S/c22-16(18-10-13-6-2-4-8-17(13)24-18)11-20-19(23)15-9-12-5-1-3-7-14(12)21-15/h2,4,6,8,10,12,14-16,21-22H,1,3,5,7,9,11H2,(H,20,23). The predicted molar refractivity (Wildman–Crippen MR) is 97.1 cm³/mol. The van der Waals surface area contributed by atoms with Crippen LogP contribution in [-0.4, -0.2) is 29.6 Å². The van der Waals surface area contributed by atoms with E-state index in [9.17, 15) is 9.90 Å². The molecule has 1 saturated heterocycles. The van der Waals surface area contributed by atoms with Gasteiger partial charge in [-0.3, -0.25) is 4.79 Å². The van der Waals surface area contributed by atoms with Gasteiger partial charge in [0.1, 0.15) is 6.10 Å². The molecule has 3 N–H and O–H groups in total. The Morgan fingerprint density at radius 1 is 1.33 bits per heavy atom. The van der Waals surface area contributed by atoms with Gasteiger partial charge in [0.25, 0.3) is 0 Å². The summed E-state index contributed by atoms with van der Waals surface area (Å²) in [6, 6.07) is 10.5. The molecule has 4 rings (SSSR count). The highest BCUT2D eigenvalue weighted by atomic mass is 32.1. The van der Waals surface area contributed by atoms with Gasteiger partial charge in [0, 0.05) is 22.2 Å². The number of aliphatic hydroxyl groups excluding tert-OH is 1. The van der Waals surface area contributed by atoms with E-state index >= 15 is 0 Å². The van der Waals surface area contributed by atoms with Crippen LogP contribution in [-0.2, 0) is 4.79 Å². The molecular formula is C19H24N2O2S. The molecular weight excluding hydrogens is 320 g/mol. The average Bonchev–Trinajstić information content (AvgIpc) is 3.23. The van der Waals surface area contributed by atoms with Gasteiger partial charge in [0.05, 0.1) is 6.04 Å². The monoisotopic (exact) mass is 344 g/mol. The van der Waals surface area contributed by atoms with Gasteiger partial charge in [0.2, 0.25) is 5.91 Å². The average molecular weight is 344 g/mol. The quantitative estimate of drug-likeness (QED) is 0.799. The highest BCUT2D eigenvalue weighted by molar-refractivity contribution is 7.19. The van der Waals surface area contributed by atoms with Gasteiger partial charge < -0.3 is 15.7 Å². The maximum absolute atomic E-state index is 12.4. The van der Waals surface area contributed by atoms with Gasteiger partial charge in [-0.1, -0.05) is 31.0 Å². The van der Waals surface area contributed by atoms with Gasteiger partial charge in [-0.15, -0.1) is 11.3 Å². The Morgan fingerprint density at radius 3 is 3.00 bits per heavy atom. The number of benzene rings is 1. The van der Waals surface area contributed by atoms with E-state index in [-0.39, 0.29) is 18.5 Å². The zero-order valence-corrected chi connectivity index (χ0v) is 14.5. The van der Waals surface area contributed by atoms with Gasteiger partial charge in [-0.2, -0.15) is 0 Å². The van der Waals surface area contributed by atoms with Crippen LogP contribution >= 0.6 is 11.3 Å². The van der Waals surface area contributed by atoms with Crippen LogP contribution in [0.1, 0.15) is 43.1 Å².